The van der Waals surface area contributed by atoms with E-state index in [0.717, 1.165) is 16.7 Å². The molecule has 0 saturated carbocycles. The van der Waals surface area contributed by atoms with E-state index in [2.05, 4.69) is 12.1 Å². The first kappa shape index (κ1) is 17.4. The smallest absolute Gasteiger partial charge is 0.158 e. The van der Waals surface area contributed by atoms with Crippen molar-refractivity contribution in [1.29, 1.82) is 0 Å². The second-order valence-electron chi connectivity index (χ2n) is 6.25. The van der Waals surface area contributed by atoms with Gasteiger partial charge in [-0.25, -0.2) is 0 Å². The van der Waals surface area contributed by atoms with Crippen molar-refractivity contribution < 1.29 is 18.9 Å². The molecule has 138 valence electrons. The molecule has 0 aromatic heterocycles. The van der Waals surface area contributed by atoms with Crippen molar-refractivity contribution in [2.75, 3.05) is 20.8 Å². The van der Waals surface area contributed by atoms with Crippen LogP contribution in [0.3, 0.4) is 0 Å². The van der Waals surface area contributed by atoms with Crippen LogP contribution in [0.1, 0.15) is 23.6 Å². The average Bonchev–Trinajstić information content (AvgIpc) is 2.73. The molecular formula is C23H22O4. The van der Waals surface area contributed by atoms with Gasteiger partial charge in [-0.15, -0.1) is 0 Å². The largest absolute Gasteiger partial charge is 0.496 e. The molecule has 0 spiro atoms. The van der Waals surface area contributed by atoms with E-state index in [9.17, 15) is 0 Å². The fourth-order valence-corrected chi connectivity index (χ4v) is 3.88. The van der Waals surface area contributed by atoms with Gasteiger partial charge in [-0.2, -0.15) is 0 Å². The van der Waals surface area contributed by atoms with Crippen LogP contribution in [0.4, 0.5) is 0 Å². The summed E-state index contributed by atoms with van der Waals surface area (Å²) in [5.41, 5.74) is 1.78. The number of benzene rings is 3. The molecule has 0 radical (unpaired) electrons. The Labute approximate surface area is 159 Å². The Morgan fingerprint density at radius 2 is 1.30 bits per heavy atom. The Morgan fingerprint density at radius 1 is 0.741 bits per heavy atom. The lowest BCUT2D eigenvalue weighted by atomic mass is 9.76. The summed E-state index contributed by atoms with van der Waals surface area (Å²) in [5.74, 6) is 2.85. The van der Waals surface area contributed by atoms with Crippen molar-refractivity contribution in [3.8, 4) is 23.0 Å². The highest BCUT2D eigenvalue weighted by atomic mass is 16.5. The van der Waals surface area contributed by atoms with Gasteiger partial charge in [0.15, 0.2) is 5.60 Å². The summed E-state index contributed by atoms with van der Waals surface area (Å²) in [7, 11) is 3.32. The third-order valence-corrected chi connectivity index (χ3v) is 4.88. The molecule has 1 aliphatic heterocycles. The Balaban J connectivity index is 2.16. The van der Waals surface area contributed by atoms with E-state index in [4.69, 9.17) is 18.9 Å². The number of fused-ring (bicyclic) bond motifs is 2. The van der Waals surface area contributed by atoms with Crippen LogP contribution < -0.4 is 14.2 Å². The first-order valence-corrected chi connectivity index (χ1v) is 8.98. The Bertz CT molecular complexity index is 896. The van der Waals surface area contributed by atoms with E-state index in [-0.39, 0.29) is 0 Å². The molecule has 1 aliphatic rings. The number of ether oxygens (including phenoxy) is 4. The molecule has 0 amide bonds. The van der Waals surface area contributed by atoms with Gasteiger partial charge in [-0.3, -0.25) is 0 Å². The summed E-state index contributed by atoms with van der Waals surface area (Å²) in [6, 6.07) is 21.7. The first-order chi connectivity index (χ1) is 13.3. The molecule has 0 atom stereocenters. The summed E-state index contributed by atoms with van der Waals surface area (Å²) in [6.45, 7) is 2.49. The van der Waals surface area contributed by atoms with Gasteiger partial charge in [0.25, 0.3) is 0 Å². The van der Waals surface area contributed by atoms with E-state index in [1.54, 1.807) is 14.2 Å². The van der Waals surface area contributed by atoms with Crippen molar-refractivity contribution in [2.24, 2.45) is 0 Å². The molecule has 3 aromatic rings. The predicted octanol–water partition coefficient (Wildman–Crippen LogP) is 5.14. The maximum Gasteiger partial charge on any atom is 0.158 e. The molecular weight excluding hydrogens is 340 g/mol. The first-order valence-electron chi connectivity index (χ1n) is 8.98. The minimum atomic E-state index is -0.905. The van der Waals surface area contributed by atoms with Crippen LogP contribution in [0, 0.1) is 0 Å². The molecule has 4 rings (SSSR count). The van der Waals surface area contributed by atoms with Crippen LogP contribution in [0.15, 0.2) is 66.7 Å². The monoisotopic (exact) mass is 362 g/mol. The van der Waals surface area contributed by atoms with Crippen LogP contribution in [0.5, 0.6) is 23.0 Å². The fourth-order valence-electron chi connectivity index (χ4n) is 3.88. The second kappa shape index (κ2) is 6.97. The Morgan fingerprint density at radius 3 is 1.78 bits per heavy atom. The molecule has 0 N–H and O–H groups in total. The summed E-state index contributed by atoms with van der Waals surface area (Å²) >= 11 is 0. The SMILES string of the molecule is CCOC1(c2ccccc2)c2c(OC)cccc2Oc2cccc(OC)c21. The van der Waals surface area contributed by atoms with Gasteiger partial charge in [0.2, 0.25) is 0 Å². The van der Waals surface area contributed by atoms with E-state index < -0.39 is 5.60 Å². The minimum absolute atomic E-state index is 0.504. The predicted molar refractivity (Wildman–Crippen MR) is 104 cm³/mol. The van der Waals surface area contributed by atoms with Gasteiger partial charge in [0, 0.05) is 6.61 Å². The molecule has 0 unspecified atom stereocenters. The molecule has 0 aliphatic carbocycles. The van der Waals surface area contributed by atoms with E-state index >= 15 is 0 Å². The molecule has 0 bridgehead atoms. The number of hydrogen-bond acceptors (Lipinski definition) is 4. The molecule has 1 heterocycles. The molecule has 0 saturated heterocycles. The average molecular weight is 362 g/mol. The summed E-state index contributed by atoms with van der Waals surface area (Å²) in [5, 5.41) is 0. The summed E-state index contributed by atoms with van der Waals surface area (Å²) in [4.78, 5) is 0. The van der Waals surface area contributed by atoms with Crippen LogP contribution in [-0.4, -0.2) is 20.8 Å². The van der Waals surface area contributed by atoms with Gasteiger partial charge in [0.05, 0.1) is 25.3 Å². The zero-order chi connectivity index (χ0) is 18.9. The maximum absolute atomic E-state index is 6.55. The van der Waals surface area contributed by atoms with Crippen LogP contribution in [0.2, 0.25) is 0 Å². The Kier molecular flexibility index (Phi) is 4.50. The molecule has 0 fully saturated rings. The third kappa shape index (κ3) is 2.56. The van der Waals surface area contributed by atoms with Crippen LogP contribution in [-0.2, 0) is 10.3 Å². The van der Waals surface area contributed by atoms with Crippen molar-refractivity contribution in [3.05, 3.63) is 83.4 Å². The maximum atomic E-state index is 6.55. The minimum Gasteiger partial charge on any atom is -0.496 e. The molecule has 4 heteroatoms. The lowest BCUT2D eigenvalue weighted by Gasteiger charge is -2.41. The molecule has 4 nitrogen and oxygen atoms in total. The lowest BCUT2D eigenvalue weighted by molar-refractivity contribution is 0.0112. The van der Waals surface area contributed by atoms with Crippen molar-refractivity contribution >= 4 is 0 Å². The quantitative estimate of drug-likeness (QED) is 0.630. The zero-order valence-corrected chi connectivity index (χ0v) is 15.7. The van der Waals surface area contributed by atoms with E-state index in [1.165, 1.54) is 0 Å². The lowest BCUT2D eigenvalue weighted by Crippen LogP contribution is -2.36. The number of methoxy groups -OCH3 is 2. The molecule has 27 heavy (non-hydrogen) atoms. The topological polar surface area (TPSA) is 36.9 Å². The van der Waals surface area contributed by atoms with Crippen molar-refractivity contribution in [3.63, 3.8) is 0 Å². The van der Waals surface area contributed by atoms with Crippen molar-refractivity contribution in [1.82, 2.24) is 0 Å². The highest BCUT2D eigenvalue weighted by Gasteiger charge is 2.49. The van der Waals surface area contributed by atoms with Gasteiger partial charge >= 0.3 is 0 Å². The number of rotatable bonds is 5. The van der Waals surface area contributed by atoms with E-state index in [0.29, 0.717) is 29.6 Å². The zero-order valence-electron chi connectivity index (χ0n) is 15.7. The highest BCUT2D eigenvalue weighted by Crippen LogP contribution is 2.57. The van der Waals surface area contributed by atoms with Gasteiger partial charge in [-0.1, -0.05) is 42.5 Å². The van der Waals surface area contributed by atoms with E-state index in [1.807, 2.05) is 61.5 Å². The van der Waals surface area contributed by atoms with Gasteiger partial charge in [0.1, 0.15) is 23.0 Å². The Hall–Kier alpha value is -2.98. The summed E-state index contributed by atoms with van der Waals surface area (Å²) < 4.78 is 24.2. The van der Waals surface area contributed by atoms with Crippen LogP contribution in [0.25, 0.3) is 0 Å². The van der Waals surface area contributed by atoms with Crippen molar-refractivity contribution in [2.45, 2.75) is 12.5 Å². The van der Waals surface area contributed by atoms with Gasteiger partial charge < -0.3 is 18.9 Å². The molecule has 3 aromatic carbocycles. The summed E-state index contributed by atoms with van der Waals surface area (Å²) in [6.07, 6.45) is 0. The second-order valence-corrected chi connectivity index (χ2v) is 6.25. The standard InChI is InChI=1S/C23H22O4/c1-4-26-23(16-10-6-5-7-11-16)21-17(24-2)12-8-14-19(21)27-20-15-9-13-18(25-3)22(20)23/h5-15H,4H2,1-3H3. The third-order valence-electron chi connectivity index (χ3n) is 4.88. The number of hydrogen-bond donors (Lipinski definition) is 0. The van der Waals surface area contributed by atoms with Gasteiger partial charge in [-0.05, 0) is 36.8 Å². The highest BCUT2D eigenvalue weighted by molar-refractivity contribution is 5.68. The van der Waals surface area contributed by atoms with Crippen LogP contribution >= 0.6 is 0 Å². The fraction of sp³-hybridized carbons (Fsp3) is 0.217. The normalized spacial score (nSPS) is 13.9.